The van der Waals surface area contributed by atoms with Crippen LogP contribution in [0.2, 0.25) is 0 Å². The van der Waals surface area contributed by atoms with E-state index in [1.54, 1.807) is 12.7 Å². The van der Waals surface area contributed by atoms with Crippen molar-refractivity contribution in [2.75, 3.05) is 19.7 Å². The van der Waals surface area contributed by atoms with Crippen molar-refractivity contribution in [1.82, 2.24) is 20.1 Å². The van der Waals surface area contributed by atoms with Crippen molar-refractivity contribution in [3.05, 3.63) is 12.7 Å². The Bertz CT molecular complexity index is 318. The molecule has 0 bridgehead atoms. The molecule has 0 aliphatic carbocycles. The molecule has 0 saturated carbocycles. The maximum Gasteiger partial charge on any atom is 0.119 e. The molecular weight excluding hydrogens is 192 g/mol. The molecule has 1 spiro atoms. The maximum atomic E-state index is 5.98. The highest BCUT2D eigenvalue weighted by Crippen LogP contribution is 2.37. The predicted molar refractivity (Wildman–Crippen MR) is 54.5 cm³/mol. The third-order valence-electron chi connectivity index (χ3n) is 3.48. The molecule has 1 aromatic rings. The summed E-state index contributed by atoms with van der Waals surface area (Å²) in [6.07, 6.45) is 7.04. The van der Waals surface area contributed by atoms with Crippen LogP contribution in [0.25, 0.3) is 0 Å². The van der Waals surface area contributed by atoms with Gasteiger partial charge in [0.25, 0.3) is 0 Å². The molecule has 3 heterocycles. The van der Waals surface area contributed by atoms with E-state index in [-0.39, 0.29) is 5.60 Å². The average Bonchev–Trinajstić information content (AvgIpc) is 2.88. The minimum absolute atomic E-state index is 0.0766. The van der Waals surface area contributed by atoms with Gasteiger partial charge in [-0.2, -0.15) is 0 Å². The molecule has 5 heteroatoms. The Labute approximate surface area is 88.8 Å². The summed E-state index contributed by atoms with van der Waals surface area (Å²) in [5, 5.41) is 11.1. The van der Waals surface area contributed by atoms with E-state index in [4.69, 9.17) is 4.74 Å². The Morgan fingerprint density at radius 1 is 1.40 bits per heavy atom. The molecule has 2 aliphatic rings. The van der Waals surface area contributed by atoms with E-state index in [0.717, 1.165) is 26.1 Å². The van der Waals surface area contributed by atoms with Crippen LogP contribution in [0.15, 0.2) is 12.7 Å². The Morgan fingerprint density at radius 2 is 2.27 bits per heavy atom. The van der Waals surface area contributed by atoms with Crippen molar-refractivity contribution >= 4 is 0 Å². The highest BCUT2D eigenvalue weighted by atomic mass is 16.5. The first kappa shape index (κ1) is 9.30. The van der Waals surface area contributed by atoms with Gasteiger partial charge in [-0.3, -0.25) is 0 Å². The highest BCUT2D eigenvalue weighted by Gasteiger charge is 2.41. The second-order valence-corrected chi connectivity index (χ2v) is 4.54. The first-order valence-corrected chi connectivity index (χ1v) is 5.57. The fourth-order valence-electron chi connectivity index (χ4n) is 2.65. The first-order valence-electron chi connectivity index (χ1n) is 5.57. The molecule has 2 aliphatic heterocycles. The lowest BCUT2D eigenvalue weighted by molar-refractivity contribution is -0.0142. The molecule has 2 atom stereocenters. The maximum absolute atomic E-state index is 5.98. The van der Waals surface area contributed by atoms with Crippen LogP contribution in [0.5, 0.6) is 0 Å². The van der Waals surface area contributed by atoms with Gasteiger partial charge >= 0.3 is 0 Å². The van der Waals surface area contributed by atoms with Gasteiger partial charge in [0.15, 0.2) is 0 Å². The largest absolute Gasteiger partial charge is 0.371 e. The van der Waals surface area contributed by atoms with E-state index in [1.807, 2.05) is 0 Å². The fourth-order valence-corrected chi connectivity index (χ4v) is 2.65. The van der Waals surface area contributed by atoms with Crippen molar-refractivity contribution in [3.63, 3.8) is 0 Å². The van der Waals surface area contributed by atoms with Crippen molar-refractivity contribution in [2.45, 2.75) is 30.9 Å². The minimum atomic E-state index is 0.0766. The number of nitrogens with zero attached hydrogens (tertiary/aromatic N) is 3. The Morgan fingerprint density at radius 3 is 3.00 bits per heavy atom. The fraction of sp³-hybridized carbons (Fsp3) is 0.800. The highest BCUT2D eigenvalue weighted by molar-refractivity contribution is 4.95. The summed E-state index contributed by atoms with van der Waals surface area (Å²) in [5.41, 5.74) is 0.0766. The Kier molecular flexibility index (Phi) is 2.21. The van der Waals surface area contributed by atoms with Crippen LogP contribution >= 0.6 is 0 Å². The third-order valence-corrected chi connectivity index (χ3v) is 3.48. The van der Waals surface area contributed by atoms with Crippen molar-refractivity contribution in [3.8, 4) is 0 Å². The summed E-state index contributed by atoms with van der Waals surface area (Å²) in [5.74, 6) is 0. The minimum Gasteiger partial charge on any atom is -0.371 e. The first-order chi connectivity index (χ1) is 7.38. The van der Waals surface area contributed by atoms with Gasteiger partial charge < -0.3 is 14.6 Å². The lowest BCUT2D eigenvalue weighted by Crippen LogP contribution is -2.45. The predicted octanol–water partition coefficient (Wildman–Crippen LogP) is 0.362. The Balaban J connectivity index is 1.72. The van der Waals surface area contributed by atoms with Gasteiger partial charge in [-0.15, -0.1) is 10.2 Å². The van der Waals surface area contributed by atoms with Gasteiger partial charge in [0.05, 0.1) is 18.2 Å². The molecule has 2 unspecified atom stereocenters. The third kappa shape index (κ3) is 1.66. The van der Waals surface area contributed by atoms with Crippen LogP contribution in [-0.4, -0.2) is 40.1 Å². The molecule has 1 N–H and O–H groups in total. The van der Waals surface area contributed by atoms with E-state index in [2.05, 4.69) is 20.1 Å². The topological polar surface area (TPSA) is 52.0 Å². The molecule has 5 nitrogen and oxygen atoms in total. The molecule has 2 fully saturated rings. The Hall–Kier alpha value is -0.940. The summed E-state index contributed by atoms with van der Waals surface area (Å²) in [4.78, 5) is 0. The van der Waals surface area contributed by atoms with Crippen molar-refractivity contribution in [1.29, 1.82) is 0 Å². The number of hydrogen-bond acceptors (Lipinski definition) is 4. The summed E-state index contributed by atoms with van der Waals surface area (Å²) >= 11 is 0. The number of aromatic nitrogens is 3. The van der Waals surface area contributed by atoms with Crippen LogP contribution in [0.3, 0.4) is 0 Å². The van der Waals surface area contributed by atoms with Gasteiger partial charge in [-0.1, -0.05) is 0 Å². The van der Waals surface area contributed by atoms with Crippen molar-refractivity contribution in [2.24, 2.45) is 0 Å². The number of piperidine rings is 1. The zero-order chi connectivity index (χ0) is 10.1. The van der Waals surface area contributed by atoms with Crippen LogP contribution in [0.1, 0.15) is 25.3 Å². The van der Waals surface area contributed by atoms with Gasteiger partial charge in [-0.25, -0.2) is 0 Å². The van der Waals surface area contributed by atoms with E-state index in [0.29, 0.717) is 6.04 Å². The van der Waals surface area contributed by atoms with Gasteiger partial charge in [-0.05, 0) is 19.4 Å². The second-order valence-electron chi connectivity index (χ2n) is 4.54. The molecular formula is C10H16N4O. The molecule has 2 saturated heterocycles. The number of rotatable bonds is 1. The summed E-state index contributed by atoms with van der Waals surface area (Å²) in [7, 11) is 0. The molecule has 82 valence electrons. The molecule has 0 amide bonds. The van der Waals surface area contributed by atoms with E-state index >= 15 is 0 Å². The average molecular weight is 208 g/mol. The number of nitrogens with one attached hydrogen (secondary N) is 1. The molecule has 15 heavy (non-hydrogen) atoms. The van der Waals surface area contributed by atoms with Gasteiger partial charge in [0.2, 0.25) is 0 Å². The lowest BCUT2D eigenvalue weighted by Gasteiger charge is -2.32. The molecule has 0 aromatic carbocycles. The lowest BCUT2D eigenvalue weighted by atomic mass is 9.90. The zero-order valence-electron chi connectivity index (χ0n) is 8.72. The monoisotopic (exact) mass is 208 g/mol. The standard InChI is InChI=1S/C10H16N4O/c1-2-10(6-11-3-1)4-9(5-15-10)14-7-12-13-8-14/h7-9,11H,1-6H2. The summed E-state index contributed by atoms with van der Waals surface area (Å²) in [6, 6.07) is 0.417. The molecule has 0 radical (unpaired) electrons. The smallest absolute Gasteiger partial charge is 0.119 e. The van der Waals surface area contributed by atoms with Crippen LogP contribution in [-0.2, 0) is 4.74 Å². The van der Waals surface area contributed by atoms with E-state index in [1.165, 1.54) is 12.8 Å². The molecule has 1 aromatic heterocycles. The van der Waals surface area contributed by atoms with Gasteiger partial charge in [0, 0.05) is 13.0 Å². The number of ether oxygens (including phenoxy) is 1. The van der Waals surface area contributed by atoms with Gasteiger partial charge in [0.1, 0.15) is 12.7 Å². The van der Waals surface area contributed by atoms with E-state index in [9.17, 15) is 0 Å². The quantitative estimate of drug-likeness (QED) is 0.724. The van der Waals surface area contributed by atoms with Crippen LogP contribution in [0.4, 0.5) is 0 Å². The second kappa shape index (κ2) is 3.57. The molecule has 3 rings (SSSR count). The van der Waals surface area contributed by atoms with Crippen LogP contribution in [0, 0.1) is 0 Å². The SMILES string of the molecule is c1nncn1C1COC2(CCCNC2)C1. The van der Waals surface area contributed by atoms with Crippen molar-refractivity contribution < 1.29 is 4.74 Å². The number of hydrogen-bond donors (Lipinski definition) is 1. The summed E-state index contributed by atoms with van der Waals surface area (Å²) < 4.78 is 8.04. The zero-order valence-corrected chi connectivity index (χ0v) is 8.72. The normalized spacial score (nSPS) is 36.1. The van der Waals surface area contributed by atoms with Crippen LogP contribution < -0.4 is 5.32 Å². The summed E-state index contributed by atoms with van der Waals surface area (Å²) in [6.45, 7) is 2.91. The van der Waals surface area contributed by atoms with E-state index < -0.39 is 0 Å².